The molecule has 0 saturated heterocycles. The largest absolute Gasteiger partial charge is 0.481 e. The van der Waals surface area contributed by atoms with E-state index in [9.17, 15) is 13.6 Å². The Balaban J connectivity index is 2.70. The van der Waals surface area contributed by atoms with Gasteiger partial charge in [0.2, 0.25) is 0 Å². The number of nitrogens with zero attached hydrogens (tertiary/aromatic N) is 1. The average Bonchev–Trinajstić information content (AvgIpc) is 2.16. The summed E-state index contributed by atoms with van der Waals surface area (Å²) < 4.78 is 26.4. The Morgan fingerprint density at radius 1 is 1.50 bits per heavy atom. The number of aromatic nitrogens is 1. The maximum atomic E-state index is 13.2. The minimum Gasteiger partial charge on any atom is -0.481 e. The van der Waals surface area contributed by atoms with E-state index in [1.165, 1.54) is 24.4 Å². The number of halogens is 2. The molecule has 0 unspecified atom stereocenters. The van der Waals surface area contributed by atoms with Gasteiger partial charge in [-0.2, -0.15) is 8.78 Å². The van der Waals surface area contributed by atoms with Gasteiger partial charge in [-0.05, 0) is 12.1 Å². The number of aliphatic carboxylic acids is 1. The molecule has 0 aliphatic heterocycles. The molecule has 0 aliphatic rings. The van der Waals surface area contributed by atoms with Gasteiger partial charge in [0, 0.05) is 12.6 Å². The van der Waals surface area contributed by atoms with Crippen LogP contribution in [-0.2, 0) is 10.7 Å². The smallest absolute Gasteiger partial charge is 0.303 e. The number of carboxylic acid groups (broad SMARTS) is 1. The third-order valence-electron chi connectivity index (χ3n) is 1.69. The van der Waals surface area contributed by atoms with Gasteiger partial charge < -0.3 is 5.11 Å². The third kappa shape index (κ3) is 2.76. The topological polar surface area (TPSA) is 50.2 Å². The molecule has 3 nitrogen and oxygen atoms in total. The molecule has 5 heteroatoms. The van der Waals surface area contributed by atoms with Gasteiger partial charge in [-0.3, -0.25) is 9.78 Å². The summed E-state index contributed by atoms with van der Waals surface area (Å²) in [5.41, 5.74) is -0.388. The van der Waals surface area contributed by atoms with Gasteiger partial charge >= 0.3 is 5.97 Å². The maximum Gasteiger partial charge on any atom is 0.303 e. The molecule has 1 heterocycles. The van der Waals surface area contributed by atoms with Crippen molar-refractivity contribution in [3.05, 3.63) is 30.1 Å². The van der Waals surface area contributed by atoms with Crippen LogP contribution in [0.3, 0.4) is 0 Å². The predicted molar refractivity (Wildman–Crippen MR) is 45.0 cm³/mol. The molecule has 0 bridgehead atoms. The molecule has 1 aromatic rings. The molecule has 14 heavy (non-hydrogen) atoms. The van der Waals surface area contributed by atoms with Crippen molar-refractivity contribution in [3.63, 3.8) is 0 Å². The Morgan fingerprint density at radius 2 is 2.21 bits per heavy atom. The van der Waals surface area contributed by atoms with E-state index < -0.39 is 24.7 Å². The minimum atomic E-state index is -3.17. The first-order chi connectivity index (χ1) is 6.52. The van der Waals surface area contributed by atoms with E-state index in [-0.39, 0.29) is 5.69 Å². The number of rotatable bonds is 4. The van der Waals surface area contributed by atoms with Gasteiger partial charge in [-0.1, -0.05) is 6.07 Å². The monoisotopic (exact) mass is 201 g/mol. The molecule has 1 aromatic heterocycles. The highest BCUT2D eigenvalue weighted by atomic mass is 19.3. The highest BCUT2D eigenvalue weighted by Gasteiger charge is 2.33. The Bertz CT molecular complexity index is 314. The number of pyridine rings is 1. The van der Waals surface area contributed by atoms with E-state index in [0.717, 1.165) is 0 Å². The number of hydrogen-bond donors (Lipinski definition) is 1. The van der Waals surface area contributed by atoms with Gasteiger partial charge in [-0.25, -0.2) is 0 Å². The molecule has 0 saturated carbocycles. The summed E-state index contributed by atoms with van der Waals surface area (Å²) in [6.45, 7) is 0. The number of alkyl halides is 2. The third-order valence-corrected chi connectivity index (χ3v) is 1.69. The molecule has 1 rings (SSSR count). The lowest BCUT2D eigenvalue weighted by Gasteiger charge is -2.13. The summed E-state index contributed by atoms with van der Waals surface area (Å²) in [5, 5.41) is 8.27. The fraction of sp³-hybridized carbons (Fsp3) is 0.333. The van der Waals surface area contributed by atoms with Crippen LogP contribution in [0.2, 0.25) is 0 Å². The summed E-state index contributed by atoms with van der Waals surface area (Å²) in [7, 11) is 0. The van der Waals surface area contributed by atoms with Gasteiger partial charge in [0.15, 0.2) is 0 Å². The van der Waals surface area contributed by atoms with Crippen LogP contribution in [0.25, 0.3) is 0 Å². The molecule has 0 radical (unpaired) electrons. The summed E-state index contributed by atoms with van der Waals surface area (Å²) >= 11 is 0. The van der Waals surface area contributed by atoms with E-state index in [1.807, 2.05) is 0 Å². The van der Waals surface area contributed by atoms with Gasteiger partial charge in [-0.15, -0.1) is 0 Å². The standard InChI is InChI=1S/C9H9F2NO2/c10-9(11,5-4-8(13)14)7-3-1-2-6-12-7/h1-3,6H,4-5H2,(H,13,14). The summed E-state index contributed by atoms with van der Waals surface area (Å²) in [5.74, 6) is -4.40. The Hall–Kier alpha value is -1.52. The fourth-order valence-electron chi connectivity index (χ4n) is 0.971. The van der Waals surface area contributed by atoms with Crippen molar-refractivity contribution in [1.29, 1.82) is 0 Å². The SMILES string of the molecule is O=C(O)CCC(F)(F)c1ccccn1. The molecule has 76 valence electrons. The zero-order valence-corrected chi connectivity index (χ0v) is 7.28. The molecular formula is C9H9F2NO2. The lowest BCUT2D eigenvalue weighted by atomic mass is 10.1. The Kier molecular flexibility index (Phi) is 3.11. The molecule has 0 amide bonds. The highest BCUT2D eigenvalue weighted by molar-refractivity contribution is 5.66. The van der Waals surface area contributed by atoms with Crippen LogP contribution in [0.4, 0.5) is 8.78 Å². The van der Waals surface area contributed by atoms with Crippen LogP contribution in [-0.4, -0.2) is 16.1 Å². The van der Waals surface area contributed by atoms with Gasteiger partial charge in [0.25, 0.3) is 5.92 Å². The van der Waals surface area contributed by atoms with Crippen molar-refractivity contribution in [2.24, 2.45) is 0 Å². The molecule has 1 N–H and O–H groups in total. The lowest BCUT2D eigenvalue weighted by Crippen LogP contribution is -2.16. The normalized spacial score (nSPS) is 11.3. The molecule has 0 aromatic carbocycles. The number of hydrogen-bond acceptors (Lipinski definition) is 2. The van der Waals surface area contributed by atoms with Crippen LogP contribution < -0.4 is 0 Å². The van der Waals surface area contributed by atoms with Crippen molar-refractivity contribution in [2.45, 2.75) is 18.8 Å². The van der Waals surface area contributed by atoms with Crippen molar-refractivity contribution in [2.75, 3.05) is 0 Å². The molecule has 0 fully saturated rings. The molecule has 0 atom stereocenters. The minimum absolute atomic E-state index is 0.388. The summed E-state index contributed by atoms with van der Waals surface area (Å²) in [6, 6.07) is 4.15. The molecular weight excluding hydrogens is 192 g/mol. The summed E-state index contributed by atoms with van der Waals surface area (Å²) in [4.78, 5) is 13.6. The zero-order valence-electron chi connectivity index (χ0n) is 7.28. The van der Waals surface area contributed by atoms with Crippen LogP contribution >= 0.6 is 0 Å². The first kappa shape index (κ1) is 10.6. The zero-order chi connectivity index (χ0) is 10.6. The molecule has 0 spiro atoms. The van der Waals surface area contributed by atoms with Crippen molar-refractivity contribution >= 4 is 5.97 Å². The van der Waals surface area contributed by atoms with E-state index in [2.05, 4.69) is 4.98 Å². The van der Waals surface area contributed by atoms with Crippen molar-refractivity contribution in [1.82, 2.24) is 4.98 Å². The lowest BCUT2D eigenvalue weighted by molar-refractivity contribution is -0.139. The molecule has 0 aliphatic carbocycles. The summed E-state index contributed by atoms with van der Waals surface area (Å²) in [6.07, 6.45) is -0.0348. The van der Waals surface area contributed by atoms with Crippen molar-refractivity contribution < 1.29 is 18.7 Å². The average molecular weight is 201 g/mol. The number of carboxylic acids is 1. The van der Waals surface area contributed by atoms with Crippen LogP contribution in [0.15, 0.2) is 24.4 Å². The van der Waals surface area contributed by atoms with Crippen LogP contribution in [0.5, 0.6) is 0 Å². The van der Waals surface area contributed by atoms with Crippen LogP contribution in [0, 0.1) is 0 Å². The van der Waals surface area contributed by atoms with Crippen molar-refractivity contribution in [3.8, 4) is 0 Å². The van der Waals surface area contributed by atoms with E-state index in [1.54, 1.807) is 0 Å². The second kappa shape index (κ2) is 4.13. The second-order valence-corrected chi connectivity index (χ2v) is 2.81. The predicted octanol–water partition coefficient (Wildman–Crippen LogP) is 2.04. The van der Waals surface area contributed by atoms with E-state index >= 15 is 0 Å². The van der Waals surface area contributed by atoms with E-state index in [4.69, 9.17) is 5.11 Å². The Labute approximate surface area is 79.4 Å². The first-order valence-corrected chi connectivity index (χ1v) is 4.03. The maximum absolute atomic E-state index is 13.2. The fourth-order valence-corrected chi connectivity index (χ4v) is 0.971. The second-order valence-electron chi connectivity index (χ2n) is 2.81. The van der Waals surface area contributed by atoms with Gasteiger partial charge in [0.05, 0.1) is 6.42 Å². The van der Waals surface area contributed by atoms with Gasteiger partial charge in [0.1, 0.15) is 5.69 Å². The highest BCUT2D eigenvalue weighted by Crippen LogP contribution is 2.30. The Morgan fingerprint density at radius 3 is 2.71 bits per heavy atom. The van der Waals surface area contributed by atoms with E-state index in [0.29, 0.717) is 0 Å². The number of carbonyl (C=O) groups is 1. The first-order valence-electron chi connectivity index (χ1n) is 4.03. The van der Waals surface area contributed by atoms with Crippen LogP contribution in [0.1, 0.15) is 18.5 Å². The quantitative estimate of drug-likeness (QED) is 0.810.